The predicted octanol–water partition coefficient (Wildman–Crippen LogP) is 4.46. The van der Waals surface area contributed by atoms with Gasteiger partial charge in [0, 0.05) is 4.47 Å². The lowest BCUT2D eigenvalue weighted by Crippen LogP contribution is -2.17. The van der Waals surface area contributed by atoms with Crippen LogP contribution in [0.2, 0.25) is 0 Å². The van der Waals surface area contributed by atoms with E-state index in [1.165, 1.54) is 11.6 Å². The lowest BCUT2D eigenvalue weighted by Gasteiger charge is -2.18. The molecule has 0 aliphatic heterocycles. The summed E-state index contributed by atoms with van der Waals surface area (Å²) < 4.78 is 14.3. The van der Waals surface area contributed by atoms with E-state index in [2.05, 4.69) is 52.4 Å². The van der Waals surface area contributed by atoms with Gasteiger partial charge in [0.25, 0.3) is 0 Å². The van der Waals surface area contributed by atoms with Crippen LogP contribution in [0.1, 0.15) is 29.7 Å². The molecule has 2 aromatic rings. The van der Waals surface area contributed by atoms with Crippen molar-refractivity contribution in [1.29, 1.82) is 0 Å². The highest BCUT2D eigenvalue weighted by atomic mass is 79.9. The third kappa shape index (κ3) is 3.43. The molecule has 0 radical (unpaired) electrons. The second-order valence-electron chi connectivity index (χ2n) is 4.52. The van der Waals surface area contributed by atoms with Crippen molar-refractivity contribution >= 4 is 15.9 Å². The van der Waals surface area contributed by atoms with Crippen molar-refractivity contribution in [3.8, 4) is 0 Å². The van der Waals surface area contributed by atoms with E-state index in [9.17, 15) is 4.39 Å². The van der Waals surface area contributed by atoms with Gasteiger partial charge >= 0.3 is 0 Å². The van der Waals surface area contributed by atoms with Crippen LogP contribution in [0.4, 0.5) is 4.39 Å². The SMILES string of the molecule is CCc1ccc(C(NC)c2cc(F)cc(Br)c2)cc1. The summed E-state index contributed by atoms with van der Waals surface area (Å²) >= 11 is 3.34. The minimum atomic E-state index is -0.227. The molecule has 1 N–H and O–H groups in total. The van der Waals surface area contributed by atoms with Crippen molar-refractivity contribution in [2.24, 2.45) is 0 Å². The third-order valence-corrected chi connectivity index (χ3v) is 3.69. The van der Waals surface area contributed by atoms with Crippen LogP contribution >= 0.6 is 15.9 Å². The van der Waals surface area contributed by atoms with Gasteiger partial charge in [0.1, 0.15) is 5.82 Å². The minimum Gasteiger partial charge on any atom is -0.309 e. The molecule has 19 heavy (non-hydrogen) atoms. The largest absolute Gasteiger partial charge is 0.309 e. The van der Waals surface area contributed by atoms with Crippen LogP contribution in [0.5, 0.6) is 0 Å². The molecule has 100 valence electrons. The molecular weight excluding hydrogens is 305 g/mol. The smallest absolute Gasteiger partial charge is 0.124 e. The van der Waals surface area contributed by atoms with E-state index in [-0.39, 0.29) is 11.9 Å². The topological polar surface area (TPSA) is 12.0 Å². The highest BCUT2D eigenvalue weighted by Crippen LogP contribution is 2.25. The van der Waals surface area contributed by atoms with Crippen LogP contribution in [0.25, 0.3) is 0 Å². The summed E-state index contributed by atoms with van der Waals surface area (Å²) in [6, 6.07) is 13.4. The summed E-state index contributed by atoms with van der Waals surface area (Å²) in [5.41, 5.74) is 3.36. The molecule has 0 bridgehead atoms. The van der Waals surface area contributed by atoms with E-state index in [0.717, 1.165) is 22.0 Å². The molecule has 2 rings (SSSR count). The Morgan fingerprint density at radius 3 is 2.32 bits per heavy atom. The van der Waals surface area contributed by atoms with Crippen molar-refractivity contribution in [1.82, 2.24) is 5.32 Å². The van der Waals surface area contributed by atoms with Gasteiger partial charge in [-0.25, -0.2) is 4.39 Å². The number of benzene rings is 2. The van der Waals surface area contributed by atoms with Crippen molar-refractivity contribution in [2.45, 2.75) is 19.4 Å². The number of hydrogen-bond donors (Lipinski definition) is 1. The van der Waals surface area contributed by atoms with Gasteiger partial charge in [-0.3, -0.25) is 0 Å². The zero-order valence-corrected chi connectivity index (χ0v) is 12.7. The molecule has 0 amide bonds. The maximum atomic E-state index is 13.5. The maximum Gasteiger partial charge on any atom is 0.124 e. The van der Waals surface area contributed by atoms with Gasteiger partial charge in [0.05, 0.1) is 6.04 Å². The first-order valence-electron chi connectivity index (χ1n) is 6.36. The van der Waals surface area contributed by atoms with Crippen LogP contribution in [0.3, 0.4) is 0 Å². The fraction of sp³-hybridized carbons (Fsp3) is 0.250. The number of aryl methyl sites for hydroxylation is 1. The zero-order chi connectivity index (χ0) is 13.8. The van der Waals surface area contributed by atoms with Crippen molar-refractivity contribution in [3.63, 3.8) is 0 Å². The van der Waals surface area contributed by atoms with E-state index in [0.29, 0.717) is 0 Å². The van der Waals surface area contributed by atoms with Crippen LogP contribution in [0, 0.1) is 5.82 Å². The number of halogens is 2. The Kier molecular flexibility index (Phi) is 4.72. The Bertz CT molecular complexity index is 531. The number of nitrogens with one attached hydrogen (secondary N) is 1. The van der Waals surface area contributed by atoms with Gasteiger partial charge in [-0.05, 0) is 48.4 Å². The molecule has 0 aliphatic rings. The molecule has 2 aromatic carbocycles. The van der Waals surface area contributed by atoms with Crippen molar-refractivity contribution in [2.75, 3.05) is 7.05 Å². The summed E-state index contributed by atoms with van der Waals surface area (Å²) in [5.74, 6) is -0.227. The Morgan fingerprint density at radius 2 is 1.79 bits per heavy atom. The van der Waals surface area contributed by atoms with E-state index in [1.807, 2.05) is 13.1 Å². The van der Waals surface area contributed by atoms with Crippen molar-refractivity contribution < 1.29 is 4.39 Å². The first-order chi connectivity index (χ1) is 9.13. The predicted molar refractivity (Wildman–Crippen MR) is 80.8 cm³/mol. The summed E-state index contributed by atoms with van der Waals surface area (Å²) in [6.07, 6.45) is 1.02. The summed E-state index contributed by atoms with van der Waals surface area (Å²) in [4.78, 5) is 0. The Labute approximate surface area is 122 Å². The highest BCUT2D eigenvalue weighted by molar-refractivity contribution is 9.10. The van der Waals surface area contributed by atoms with Crippen LogP contribution in [0.15, 0.2) is 46.9 Å². The normalized spacial score (nSPS) is 12.4. The lowest BCUT2D eigenvalue weighted by atomic mass is 9.97. The molecule has 0 heterocycles. The monoisotopic (exact) mass is 321 g/mol. The standard InChI is InChI=1S/C16H17BrFN/c1-3-11-4-6-12(7-5-11)16(19-2)13-8-14(17)10-15(18)9-13/h4-10,16,19H,3H2,1-2H3. The maximum absolute atomic E-state index is 13.5. The molecule has 0 aromatic heterocycles. The first-order valence-corrected chi connectivity index (χ1v) is 7.15. The fourth-order valence-corrected chi connectivity index (χ4v) is 2.70. The summed E-state index contributed by atoms with van der Waals surface area (Å²) in [5, 5.41) is 3.24. The molecule has 0 saturated heterocycles. The van der Waals surface area contributed by atoms with E-state index >= 15 is 0 Å². The molecule has 3 heteroatoms. The van der Waals surface area contributed by atoms with Crippen molar-refractivity contribution in [3.05, 3.63) is 69.4 Å². The van der Waals surface area contributed by atoms with Crippen LogP contribution in [-0.2, 0) is 6.42 Å². The highest BCUT2D eigenvalue weighted by Gasteiger charge is 2.13. The van der Waals surface area contributed by atoms with E-state index < -0.39 is 0 Å². The van der Waals surface area contributed by atoms with Gasteiger partial charge in [0.2, 0.25) is 0 Å². The van der Waals surface area contributed by atoms with Gasteiger partial charge in [-0.1, -0.05) is 47.1 Å². The molecule has 1 atom stereocenters. The van der Waals surface area contributed by atoms with Gasteiger partial charge in [-0.2, -0.15) is 0 Å². The summed E-state index contributed by atoms with van der Waals surface area (Å²) in [7, 11) is 1.89. The number of hydrogen-bond acceptors (Lipinski definition) is 1. The zero-order valence-electron chi connectivity index (χ0n) is 11.1. The van der Waals surface area contributed by atoms with Gasteiger partial charge in [0.15, 0.2) is 0 Å². The van der Waals surface area contributed by atoms with E-state index in [1.54, 1.807) is 6.07 Å². The molecular formula is C16H17BrFN. The average molecular weight is 322 g/mol. The van der Waals surface area contributed by atoms with Gasteiger partial charge in [-0.15, -0.1) is 0 Å². The molecule has 1 nitrogen and oxygen atoms in total. The van der Waals surface area contributed by atoms with Gasteiger partial charge < -0.3 is 5.32 Å². The Morgan fingerprint density at radius 1 is 1.11 bits per heavy atom. The summed E-state index contributed by atoms with van der Waals surface area (Å²) in [6.45, 7) is 2.13. The first kappa shape index (κ1) is 14.2. The molecule has 1 unspecified atom stereocenters. The fourth-order valence-electron chi connectivity index (χ4n) is 2.21. The third-order valence-electron chi connectivity index (χ3n) is 3.23. The second kappa shape index (κ2) is 6.31. The average Bonchev–Trinajstić information content (AvgIpc) is 2.39. The quantitative estimate of drug-likeness (QED) is 0.876. The minimum absolute atomic E-state index is 0.00194. The molecule has 0 spiro atoms. The molecule has 0 aliphatic carbocycles. The van der Waals surface area contributed by atoms with Crippen LogP contribution < -0.4 is 5.32 Å². The second-order valence-corrected chi connectivity index (χ2v) is 5.44. The van der Waals surface area contributed by atoms with E-state index in [4.69, 9.17) is 0 Å². The molecule has 0 fully saturated rings. The van der Waals surface area contributed by atoms with Crippen LogP contribution in [-0.4, -0.2) is 7.05 Å². The Balaban J connectivity index is 2.37. The Hall–Kier alpha value is -1.19. The lowest BCUT2D eigenvalue weighted by molar-refractivity contribution is 0.615. The molecule has 0 saturated carbocycles. The number of rotatable bonds is 4.